The highest BCUT2D eigenvalue weighted by Crippen LogP contribution is 2.29. The average molecular weight is 370 g/mol. The van der Waals surface area contributed by atoms with Crippen LogP contribution in [0.4, 0.5) is 5.13 Å². The summed E-state index contributed by atoms with van der Waals surface area (Å²) in [6.45, 7) is 5.19. The SMILES string of the molecule is CCN1CCc2nc(NC(=O)Cc3c[nH]c4ccc(OC)cc34)sc2C1. The van der Waals surface area contributed by atoms with Crippen molar-refractivity contribution in [2.45, 2.75) is 26.3 Å². The molecule has 0 fully saturated rings. The van der Waals surface area contributed by atoms with Gasteiger partial charge >= 0.3 is 0 Å². The molecule has 0 radical (unpaired) electrons. The maximum atomic E-state index is 12.5. The number of likely N-dealkylation sites (N-methyl/N-ethyl adjacent to an activating group) is 1. The molecular weight excluding hydrogens is 348 g/mol. The van der Waals surface area contributed by atoms with E-state index in [-0.39, 0.29) is 5.91 Å². The van der Waals surface area contributed by atoms with Crippen LogP contribution in [0.2, 0.25) is 0 Å². The van der Waals surface area contributed by atoms with Crippen LogP contribution in [-0.2, 0) is 24.2 Å². The number of methoxy groups -OCH3 is 1. The van der Waals surface area contributed by atoms with Crippen LogP contribution >= 0.6 is 11.3 Å². The number of thiazole rings is 1. The van der Waals surface area contributed by atoms with Crippen molar-refractivity contribution < 1.29 is 9.53 Å². The van der Waals surface area contributed by atoms with Crippen LogP contribution in [0.15, 0.2) is 24.4 Å². The second-order valence-corrected chi connectivity index (χ2v) is 7.54. The summed E-state index contributed by atoms with van der Waals surface area (Å²) in [5, 5.41) is 4.68. The quantitative estimate of drug-likeness (QED) is 0.724. The molecule has 0 aliphatic carbocycles. The van der Waals surface area contributed by atoms with Gasteiger partial charge in [0, 0.05) is 41.5 Å². The predicted molar refractivity (Wildman–Crippen MR) is 104 cm³/mol. The summed E-state index contributed by atoms with van der Waals surface area (Å²) in [5.41, 5.74) is 3.08. The molecule has 0 saturated heterocycles. The van der Waals surface area contributed by atoms with Crippen molar-refractivity contribution in [3.05, 3.63) is 40.5 Å². The summed E-state index contributed by atoms with van der Waals surface area (Å²) in [6.07, 6.45) is 3.14. The molecule has 4 rings (SSSR count). The number of fused-ring (bicyclic) bond motifs is 2. The van der Waals surface area contributed by atoms with Crippen LogP contribution in [0.3, 0.4) is 0 Å². The van der Waals surface area contributed by atoms with Gasteiger partial charge in [-0.2, -0.15) is 0 Å². The Hall–Kier alpha value is -2.38. The molecule has 6 nitrogen and oxygen atoms in total. The van der Waals surface area contributed by atoms with Crippen molar-refractivity contribution in [3.8, 4) is 5.75 Å². The first-order valence-corrected chi connectivity index (χ1v) is 9.62. The van der Waals surface area contributed by atoms with Crippen LogP contribution in [-0.4, -0.2) is 41.0 Å². The van der Waals surface area contributed by atoms with Gasteiger partial charge in [-0.25, -0.2) is 4.98 Å². The first-order chi connectivity index (χ1) is 12.7. The number of anilines is 1. The van der Waals surface area contributed by atoms with Crippen molar-refractivity contribution in [1.82, 2.24) is 14.9 Å². The van der Waals surface area contributed by atoms with E-state index in [1.807, 2.05) is 24.4 Å². The van der Waals surface area contributed by atoms with Gasteiger partial charge in [0.05, 0.1) is 19.2 Å². The maximum Gasteiger partial charge on any atom is 0.230 e. The van der Waals surface area contributed by atoms with E-state index < -0.39 is 0 Å². The molecule has 1 aliphatic rings. The normalized spacial score (nSPS) is 14.4. The number of nitrogens with zero attached hydrogens (tertiary/aromatic N) is 2. The number of ether oxygens (including phenoxy) is 1. The zero-order chi connectivity index (χ0) is 18.1. The van der Waals surface area contributed by atoms with Crippen molar-refractivity contribution in [2.75, 3.05) is 25.5 Å². The summed E-state index contributed by atoms with van der Waals surface area (Å²) in [7, 11) is 1.64. The third kappa shape index (κ3) is 3.32. The summed E-state index contributed by atoms with van der Waals surface area (Å²) in [6, 6.07) is 5.82. The van der Waals surface area contributed by atoms with Gasteiger partial charge in [0.25, 0.3) is 0 Å². The molecule has 1 amide bonds. The number of rotatable bonds is 5. The Kier molecular flexibility index (Phi) is 4.65. The second-order valence-electron chi connectivity index (χ2n) is 6.46. The Morgan fingerprint density at radius 3 is 3.15 bits per heavy atom. The van der Waals surface area contributed by atoms with Gasteiger partial charge in [0.2, 0.25) is 5.91 Å². The average Bonchev–Trinajstić information content (AvgIpc) is 3.23. The summed E-state index contributed by atoms with van der Waals surface area (Å²) in [5.74, 6) is 0.735. The summed E-state index contributed by atoms with van der Waals surface area (Å²) < 4.78 is 5.28. The molecule has 0 saturated carbocycles. The van der Waals surface area contributed by atoms with Crippen molar-refractivity contribution in [2.24, 2.45) is 0 Å². The van der Waals surface area contributed by atoms with E-state index in [4.69, 9.17) is 4.74 Å². The van der Waals surface area contributed by atoms with Gasteiger partial charge in [-0.3, -0.25) is 9.69 Å². The third-order valence-electron chi connectivity index (χ3n) is 4.83. The van der Waals surface area contributed by atoms with Gasteiger partial charge in [-0.05, 0) is 30.3 Å². The molecule has 2 N–H and O–H groups in total. The number of nitrogens with one attached hydrogen (secondary N) is 2. The van der Waals surface area contributed by atoms with Gasteiger partial charge in [0.15, 0.2) is 5.13 Å². The zero-order valence-corrected chi connectivity index (χ0v) is 15.8. The molecule has 3 aromatic rings. The minimum Gasteiger partial charge on any atom is -0.497 e. The standard InChI is InChI=1S/C19H22N4O2S/c1-3-23-7-6-16-17(11-23)26-19(21-16)22-18(24)8-12-10-20-15-5-4-13(25-2)9-14(12)15/h4-5,9-10,20H,3,6-8,11H2,1-2H3,(H,21,22,24). The number of benzene rings is 1. The molecular formula is C19H22N4O2S. The van der Waals surface area contributed by atoms with Crippen molar-refractivity contribution in [1.29, 1.82) is 0 Å². The number of carbonyl (C=O) groups is 1. The van der Waals surface area contributed by atoms with E-state index in [1.54, 1.807) is 18.4 Å². The van der Waals surface area contributed by atoms with Gasteiger partial charge < -0.3 is 15.0 Å². The van der Waals surface area contributed by atoms with E-state index in [1.165, 1.54) is 4.88 Å². The summed E-state index contributed by atoms with van der Waals surface area (Å²) >= 11 is 1.59. The highest BCUT2D eigenvalue weighted by Gasteiger charge is 2.20. The number of hydrogen-bond acceptors (Lipinski definition) is 5. The number of hydrogen-bond donors (Lipinski definition) is 2. The first kappa shape index (κ1) is 17.1. The van der Waals surface area contributed by atoms with Gasteiger partial charge in [-0.15, -0.1) is 11.3 Å². The minimum absolute atomic E-state index is 0.0489. The van der Waals surface area contributed by atoms with Crippen molar-refractivity contribution >= 4 is 33.3 Å². The Morgan fingerprint density at radius 2 is 2.35 bits per heavy atom. The molecule has 26 heavy (non-hydrogen) atoms. The highest BCUT2D eigenvalue weighted by atomic mass is 32.1. The van der Waals surface area contributed by atoms with Crippen LogP contribution < -0.4 is 10.1 Å². The molecule has 0 bridgehead atoms. The topological polar surface area (TPSA) is 70.2 Å². The minimum atomic E-state index is -0.0489. The predicted octanol–water partition coefficient (Wildman–Crippen LogP) is 3.19. The van der Waals surface area contributed by atoms with E-state index in [0.29, 0.717) is 11.6 Å². The Bertz CT molecular complexity index is 946. The lowest BCUT2D eigenvalue weighted by atomic mass is 10.1. The van der Waals surface area contributed by atoms with Crippen LogP contribution in [0, 0.1) is 0 Å². The van der Waals surface area contributed by atoms with Gasteiger partial charge in [-0.1, -0.05) is 6.92 Å². The maximum absolute atomic E-state index is 12.5. The summed E-state index contributed by atoms with van der Waals surface area (Å²) in [4.78, 5) is 24.0. The molecule has 2 aromatic heterocycles. The van der Waals surface area contributed by atoms with Crippen molar-refractivity contribution in [3.63, 3.8) is 0 Å². The first-order valence-electron chi connectivity index (χ1n) is 8.81. The Balaban J connectivity index is 1.47. The van der Waals surface area contributed by atoms with E-state index in [0.717, 1.165) is 54.0 Å². The Labute approximate surface area is 156 Å². The molecule has 7 heteroatoms. The number of aromatic amines is 1. The smallest absolute Gasteiger partial charge is 0.230 e. The molecule has 0 unspecified atom stereocenters. The molecule has 1 aliphatic heterocycles. The lowest BCUT2D eigenvalue weighted by Crippen LogP contribution is -2.29. The van der Waals surface area contributed by atoms with E-state index >= 15 is 0 Å². The number of aromatic nitrogens is 2. The van der Waals surface area contributed by atoms with Crippen LogP contribution in [0.5, 0.6) is 5.75 Å². The number of amides is 1. The lowest BCUT2D eigenvalue weighted by Gasteiger charge is -2.23. The fourth-order valence-electron chi connectivity index (χ4n) is 3.34. The molecule has 3 heterocycles. The monoisotopic (exact) mass is 370 g/mol. The second kappa shape index (κ2) is 7.09. The van der Waals surface area contributed by atoms with E-state index in [9.17, 15) is 4.79 Å². The molecule has 1 aromatic carbocycles. The van der Waals surface area contributed by atoms with Crippen LogP contribution in [0.1, 0.15) is 23.1 Å². The Morgan fingerprint density at radius 1 is 1.46 bits per heavy atom. The highest BCUT2D eigenvalue weighted by molar-refractivity contribution is 7.15. The third-order valence-corrected chi connectivity index (χ3v) is 5.83. The molecule has 0 atom stereocenters. The fraction of sp³-hybridized carbons (Fsp3) is 0.368. The fourth-order valence-corrected chi connectivity index (χ4v) is 4.41. The van der Waals surface area contributed by atoms with Gasteiger partial charge in [0.1, 0.15) is 5.75 Å². The number of carbonyl (C=O) groups excluding carboxylic acids is 1. The molecule has 0 spiro atoms. The largest absolute Gasteiger partial charge is 0.497 e. The zero-order valence-electron chi connectivity index (χ0n) is 15.0. The lowest BCUT2D eigenvalue weighted by molar-refractivity contribution is -0.115. The number of H-pyrrole nitrogens is 1. The molecule has 136 valence electrons. The van der Waals surface area contributed by atoms with E-state index in [2.05, 4.69) is 27.1 Å². The van der Waals surface area contributed by atoms with Crippen LogP contribution in [0.25, 0.3) is 10.9 Å².